The summed E-state index contributed by atoms with van der Waals surface area (Å²) in [5.74, 6) is 0. The molecule has 1 aromatic heterocycles. The maximum Gasteiger partial charge on any atom is 0.0458 e. The minimum absolute atomic E-state index is 0.425. The zero-order valence-corrected chi connectivity index (χ0v) is 13.9. The molecule has 1 nitrogen and oxygen atoms in total. The first-order valence-electron chi connectivity index (χ1n) is 6.72. The molecule has 19 heavy (non-hydrogen) atoms. The van der Waals surface area contributed by atoms with Gasteiger partial charge in [-0.3, -0.25) is 0 Å². The Hall–Kier alpha value is -0.640. The zero-order chi connectivity index (χ0) is 13.7. The number of hydrogen-bond acceptors (Lipinski definition) is 2. The standard InChI is InChI=1S/C16H20BrNS/c1-3-8-18-15(16-12(2)7-9-19-16)11-13-5-4-6-14(17)10-13/h4-7,9-10,15,18H,3,8,11H2,1-2H3. The average molecular weight is 338 g/mol. The highest BCUT2D eigenvalue weighted by atomic mass is 79.9. The average Bonchev–Trinajstić information content (AvgIpc) is 2.81. The van der Waals surface area contributed by atoms with Crippen molar-refractivity contribution < 1.29 is 0 Å². The van der Waals surface area contributed by atoms with E-state index in [1.54, 1.807) is 0 Å². The molecule has 1 unspecified atom stereocenters. The Morgan fingerprint density at radius 2 is 2.16 bits per heavy atom. The van der Waals surface area contributed by atoms with E-state index in [0.717, 1.165) is 17.4 Å². The maximum absolute atomic E-state index is 3.68. The number of rotatable bonds is 6. The van der Waals surface area contributed by atoms with Crippen LogP contribution in [0.25, 0.3) is 0 Å². The van der Waals surface area contributed by atoms with Crippen LogP contribution in [-0.4, -0.2) is 6.54 Å². The van der Waals surface area contributed by atoms with Crippen LogP contribution in [0, 0.1) is 6.92 Å². The van der Waals surface area contributed by atoms with Gasteiger partial charge in [0.15, 0.2) is 0 Å². The summed E-state index contributed by atoms with van der Waals surface area (Å²) in [6, 6.07) is 11.2. The molecule has 0 aliphatic rings. The summed E-state index contributed by atoms with van der Waals surface area (Å²) < 4.78 is 1.15. The summed E-state index contributed by atoms with van der Waals surface area (Å²) in [7, 11) is 0. The van der Waals surface area contributed by atoms with Crippen molar-refractivity contribution in [2.24, 2.45) is 0 Å². The summed E-state index contributed by atoms with van der Waals surface area (Å²) >= 11 is 5.41. The normalized spacial score (nSPS) is 12.6. The Labute approximate surface area is 128 Å². The number of benzene rings is 1. The van der Waals surface area contributed by atoms with Gasteiger partial charge in [-0.1, -0.05) is 35.0 Å². The molecular weight excluding hydrogens is 318 g/mol. The second kappa shape index (κ2) is 7.22. The van der Waals surface area contributed by atoms with E-state index < -0.39 is 0 Å². The summed E-state index contributed by atoms with van der Waals surface area (Å²) in [6.07, 6.45) is 2.21. The summed E-state index contributed by atoms with van der Waals surface area (Å²) in [6.45, 7) is 5.48. The first-order chi connectivity index (χ1) is 9.20. The van der Waals surface area contributed by atoms with Gasteiger partial charge in [0.25, 0.3) is 0 Å². The van der Waals surface area contributed by atoms with Gasteiger partial charge in [0.2, 0.25) is 0 Å². The fourth-order valence-electron chi connectivity index (χ4n) is 2.22. The first-order valence-corrected chi connectivity index (χ1v) is 8.39. The number of aryl methyl sites for hydroxylation is 1. The second-order valence-electron chi connectivity index (χ2n) is 4.81. The minimum Gasteiger partial charge on any atom is -0.309 e. The van der Waals surface area contributed by atoms with Gasteiger partial charge in [-0.15, -0.1) is 11.3 Å². The van der Waals surface area contributed by atoms with E-state index in [-0.39, 0.29) is 0 Å². The third kappa shape index (κ3) is 4.16. The molecule has 1 N–H and O–H groups in total. The van der Waals surface area contributed by atoms with Gasteiger partial charge in [0.1, 0.15) is 0 Å². The van der Waals surface area contributed by atoms with Crippen molar-refractivity contribution in [3.05, 3.63) is 56.2 Å². The molecule has 1 aromatic carbocycles. The molecule has 0 spiro atoms. The van der Waals surface area contributed by atoms with Crippen molar-refractivity contribution in [2.75, 3.05) is 6.54 Å². The Morgan fingerprint density at radius 1 is 1.32 bits per heavy atom. The van der Waals surface area contributed by atoms with Crippen LogP contribution < -0.4 is 5.32 Å². The predicted octanol–water partition coefficient (Wildman–Crippen LogP) is 5.10. The molecular formula is C16H20BrNS. The van der Waals surface area contributed by atoms with Gasteiger partial charge in [-0.05, 0) is 61.0 Å². The molecule has 1 atom stereocenters. The van der Waals surface area contributed by atoms with Crippen molar-refractivity contribution in [1.82, 2.24) is 5.32 Å². The molecule has 3 heteroatoms. The van der Waals surface area contributed by atoms with Crippen LogP contribution >= 0.6 is 27.3 Å². The van der Waals surface area contributed by atoms with Crippen molar-refractivity contribution in [3.63, 3.8) is 0 Å². The highest BCUT2D eigenvalue weighted by Crippen LogP contribution is 2.27. The smallest absolute Gasteiger partial charge is 0.0458 e. The minimum atomic E-state index is 0.425. The number of thiophene rings is 1. The highest BCUT2D eigenvalue weighted by molar-refractivity contribution is 9.10. The Balaban J connectivity index is 2.16. The molecule has 0 bridgehead atoms. The zero-order valence-electron chi connectivity index (χ0n) is 11.4. The summed E-state index contributed by atoms with van der Waals surface area (Å²) in [4.78, 5) is 1.47. The largest absolute Gasteiger partial charge is 0.309 e. The van der Waals surface area contributed by atoms with Gasteiger partial charge >= 0.3 is 0 Å². The molecule has 0 amide bonds. The summed E-state index contributed by atoms with van der Waals surface area (Å²) in [5.41, 5.74) is 2.77. The monoisotopic (exact) mass is 337 g/mol. The molecule has 2 rings (SSSR count). The van der Waals surface area contributed by atoms with Crippen LogP contribution in [0.1, 0.15) is 35.4 Å². The third-order valence-corrected chi connectivity index (χ3v) is 4.81. The Kier molecular flexibility index (Phi) is 5.61. The molecule has 1 heterocycles. The third-order valence-electron chi connectivity index (χ3n) is 3.19. The fourth-order valence-corrected chi connectivity index (χ4v) is 3.67. The topological polar surface area (TPSA) is 12.0 Å². The molecule has 0 saturated carbocycles. The SMILES string of the molecule is CCCNC(Cc1cccc(Br)c1)c1sccc1C. The van der Waals surface area contributed by atoms with E-state index in [1.807, 2.05) is 11.3 Å². The van der Waals surface area contributed by atoms with Crippen molar-refractivity contribution in [2.45, 2.75) is 32.7 Å². The highest BCUT2D eigenvalue weighted by Gasteiger charge is 2.15. The molecule has 0 aliphatic heterocycles. The fraction of sp³-hybridized carbons (Fsp3) is 0.375. The molecule has 0 fully saturated rings. The lowest BCUT2D eigenvalue weighted by atomic mass is 10.0. The van der Waals surface area contributed by atoms with Gasteiger partial charge in [0.05, 0.1) is 0 Å². The maximum atomic E-state index is 3.68. The van der Waals surface area contributed by atoms with Gasteiger partial charge < -0.3 is 5.32 Å². The lowest BCUT2D eigenvalue weighted by Gasteiger charge is -2.18. The van der Waals surface area contributed by atoms with Crippen LogP contribution in [0.3, 0.4) is 0 Å². The number of halogens is 1. The second-order valence-corrected chi connectivity index (χ2v) is 6.67. The quantitative estimate of drug-likeness (QED) is 0.772. The van der Waals surface area contributed by atoms with E-state index in [2.05, 4.69) is 70.8 Å². The van der Waals surface area contributed by atoms with Gasteiger partial charge in [-0.25, -0.2) is 0 Å². The van der Waals surface area contributed by atoms with Crippen molar-refractivity contribution in [1.29, 1.82) is 0 Å². The van der Waals surface area contributed by atoms with E-state index in [4.69, 9.17) is 0 Å². The molecule has 102 valence electrons. The van der Waals surface area contributed by atoms with E-state index in [1.165, 1.54) is 22.4 Å². The van der Waals surface area contributed by atoms with Gasteiger partial charge in [-0.2, -0.15) is 0 Å². The molecule has 0 saturated heterocycles. The van der Waals surface area contributed by atoms with Crippen molar-refractivity contribution >= 4 is 27.3 Å². The van der Waals surface area contributed by atoms with E-state index in [9.17, 15) is 0 Å². The van der Waals surface area contributed by atoms with Crippen LogP contribution in [-0.2, 0) is 6.42 Å². The van der Waals surface area contributed by atoms with Crippen LogP contribution in [0.4, 0.5) is 0 Å². The molecule has 0 aliphatic carbocycles. The van der Waals surface area contributed by atoms with E-state index in [0.29, 0.717) is 6.04 Å². The lowest BCUT2D eigenvalue weighted by molar-refractivity contribution is 0.535. The van der Waals surface area contributed by atoms with Crippen LogP contribution in [0.2, 0.25) is 0 Å². The predicted molar refractivity (Wildman–Crippen MR) is 87.9 cm³/mol. The molecule has 2 aromatic rings. The van der Waals surface area contributed by atoms with Crippen LogP contribution in [0.15, 0.2) is 40.2 Å². The number of hydrogen-bond donors (Lipinski definition) is 1. The number of nitrogens with one attached hydrogen (secondary N) is 1. The van der Waals surface area contributed by atoms with Crippen molar-refractivity contribution in [3.8, 4) is 0 Å². The summed E-state index contributed by atoms with van der Waals surface area (Å²) in [5, 5.41) is 5.86. The Morgan fingerprint density at radius 3 is 2.79 bits per heavy atom. The van der Waals surface area contributed by atoms with Crippen LogP contribution in [0.5, 0.6) is 0 Å². The van der Waals surface area contributed by atoms with E-state index >= 15 is 0 Å². The van der Waals surface area contributed by atoms with Gasteiger partial charge in [0, 0.05) is 15.4 Å². The Bertz CT molecular complexity index is 521. The first kappa shape index (κ1) is 14.8. The lowest BCUT2D eigenvalue weighted by Crippen LogP contribution is -2.23. The molecule has 0 radical (unpaired) electrons.